The second-order valence-electron chi connectivity index (χ2n) is 6.39. The van der Waals surface area contributed by atoms with Crippen LogP contribution < -0.4 is 9.64 Å². The molecule has 25 heavy (non-hydrogen) atoms. The number of esters is 1. The van der Waals surface area contributed by atoms with Gasteiger partial charge in [0.15, 0.2) is 0 Å². The summed E-state index contributed by atoms with van der Waals surface area (Å²) in [5.74, 6) is 0.609. The van der Waals surface area contributed by atoms with Crippen LogP contribution in [0, 0.1) is 0 Å². The first-order valence-corrected chi connectivity index (χ1v) is 9.60. The summed E-state index contributed by atoms with van der Waals surface area (Å²) in [6.07, 6.45) is 3.34. The predicted molar refractivity (Wildman–Crippen MR) is 102 cm³/mol. The van der Waals surface area contributed by atoms with E-state index in [1.54, 1.807) is 0 Å². The highest BCUT2D eigenvalue weighted by Gasteiger charge is 2.19. The molecular formula is C20H32N2O3. The van der Waals surface area contributed by atoms with Crippen LogP contribution >= 0.6 is 0 Å². The molecule has 0 unspecified atom stereocenters. The van der Waals surface area contributed by atoms with Crippen LogP contribution in [0.2, 0.25) is 0 Å². The van der Waals surface area contributed by atoms with E-state index in [-0.39, 0.29) is 5.97 Å². The van der Waals surface area contributed by atoms with Crippen LogP contribution in [0.1, 0.15) is 50.4 Å². The third kappa shape index (κ3) is 5.63. The third-order valence-electron chi connectivity index (χ3n) is 4.64. The van der Waals surface area contributed by atoms with Crippen molar-refractivity contribution in [3.05, 3.63) is 23.8 Å². The van der Waals surface area contributed by atoms with Gasteiger partial charge in [0.2, 0.25) is 0 Å². The van der Waals surface area contributed by atoms with Crippen molar-refractivity contribution in [2.24, 2.45) is 0 Å². The number of benzene rings is 1. The lowest BCUT2D eigenvalue weighted by Gasteiger charge is -2.22. The lowest BCUT2D eigenvalue weighted by atomic mass is 10.1. The summed E-state index contributed by atoms with van der Waals surface area (Å²) in [6, 6.07) is 5.64. The Balaban J connectivity index is 2.04. The number of carbonyl (C=O) groups excluding carboxylic acids is 1. The molecule has 0 radical (unpaired) electrons. The molecule has 1 aliphatic heterocycles. The summed E-state index contributed by atoms with van der Waals surface area (Å²) in [4.78, 5) is 16.9. The van der Waals surface area contributed by atoms with E-state index in [1.165, 1.54) is 12.8 Å². The van der Waals surface area contributed by atoms with Gasteiger partial charge in [0.05, 0.1) is 17.9 Å². The number of ether oxygens (including phenoxy) is 2. The molecular weight excluding hydrogens is 316 g/mol. The van der Waals surface area contributed by atoms with Gasteiger partial charge in [0.1, 0.15) is 12.4 Å². The molecule has 140 valence electrons. The first-order chi connectivity index (χ1) is 12.2. The van der Waals surface area contributed by atoms with E-state index in [2.05, 4.69) is 30.6 Å². The Morgan fingerprint density at radius 2 is 1.84 bits per heavy atom. The number of hydrogen-bond donors (Lipinski definition) is 0. The van der Waals surface area contributed by atoms with Gasteiger partial charge in [-0.3, -0.25) is 0 Å². The van der Waals surface area contributed by atoms with E-state index < -0.39 is 0 Å². The Bertz CT molecular complexity index is 538. The van der Waals surface area contributed by atoms with Gasteiger partial charge in [-0.25, -0.2) is 4.79 Å². The predicted octanol–water partition coefficient (Wildman–Crippen LogP) is 3.57. The van der Waals surface area contributed by atoms with Gasteiger partial charge in [0, 0.05) is 19.6 Å². The number of hydrogen-bond acceptors (Lipinski definition) is 5. The fourth-order valence-corrected chi connectivity index (χ4v) is 3.07. The van der Waals surface area contributed by atoms with Crippen molar-refractivity contribution in [1.82, 2.24) is 4.90 Å². The van der Waals surface area contributed by atoms with E-state index in [0.29, 0.717) is 18.8 Å². The minimum Gasteiger partial charge on any atom is -0.491 e. The smallest absolute Gasteiger partial charge is 0.338 e. The zero-order chi connectivity index (χ0) is 18.1. The standard InChI is InChI=1S/C20H32N2O3/c1-4-14-24-19-10-9-17(16-18(19)22-11-7-8-12-22)20(23)25-15-13-21(5-2)6-3/h9-10,16H,4-8,11-15H2,1-3H3. The Morgan fingerprint density at radius 3 is 2.48 bits per heavy atom. The number of rotatable bonds is 10. The molecule has 5 heteroatoms. The molecule has 0 bridgehead atoms. The Hall–Kier alpha value is -1.75. The minimum atomic E-state index is -0.255. The summed E-state index contributed by atoms with van der Waals surface area (Å²) < 4.78 is 11.3. The van der Waals surface area contributed by atoms with Crippen LogP contribution in [-0.4, -0.2) is 56.8 Å². The van der Waals surface area contributed by atoms with Gasteiger partial charge in [-0.1, -0.05) is 20.8 Å². The first kappa shape index (κ1) is 19.6. The van der Waals surface area contributed by atoms with Crippen molar-refractivity contribution in [1.29, 1.82) is 0 Å². The average Bonchev–Trinajstić information content (AvgIpc) is 3.18. The number of carbonyl (C=O) groups is 1. The Morgan fingerprint density at radius 1 is 1.12 bits per heavy atom. The van der Waals surface area contributed by atoms with Crippen molar-refractivity contribution in [3.63, 3.8) is 0 Å². The molecule has 2 rings (SSSR count). The molecule has 0 amide bonds. The maximum absolute atomic E-state index is 12.4. The summed E-state index contributed by atoms with van der Waals surface area (Å²) in [5, 5.41) is 0. The quantitative estimate of drug-likeness (QED) is 0.605. The van der Waals surface area contributed by atoms with Crippen molar-refractivity contribution < 1.29 is 14.3 Å². The first-order valence-electron chi connectivity index (χ1n) is 9.60. The van der Waals surface area contributed by atoms with Crippen LogP contribution in [0.15, 0.2) is 18.2 Å². The van der Waals surface area contributed by atoms with E-state index in [9.17, 15) is 4.79 Å². The summed E-state index contributed by atoms with van der Waals surface area (Å²) in [6.45, 7) is 12.2. The third-order valence-corrected chi connectivity index (χ3v) is 4.64. The molecule has 1 saturated heterocycles. The molecule has 1 aromatic carbocycles. The van der Waals surface area contributed by atoms with Crippen LogP contribution in [0.4, 0.5) is 5.69 Å². The van der Waals surface area contributed by atoms with Gasteiger partial charge >= 0.3 is 5.97 Å². The highest BCUT2D eigenvalue weighted by molar-refractivity contribution is 5.91. The van der Waals surface area contributed by atoms with Crippen molar-refractivity contribution in [2.75, 3.05) is 50.8 Å². The largest absolute Gasteiger partial charge is 0.491 e. The Labute approximate surface area is 151 Å². The van der Waals surface area contributed by atoms with Gasteiger partial charge in [-0.2, -0.15) is 0 Å². The lowest BCUT2D eigenvalue weighted by molar-refractivity contribution is 0.0466. The van der Waals surface area contributed by atoms with E-state index in [4.69, 9.17) is 9.47 Å². The fourth-order valence-electron chi connectivity index (χ4n) is 3.07. The molecule has 0 N–H and O–H groups in total. The van der Waals surface area contributed by atoms with Gasteiger partial charge < -0.3 is 19.3 Å². The summed E-state index contributed by atoms with van der Waals surface area (Å²) >= 11 is 0. The monoisotopic (exact) mass is 348 g/mol. The molecule has 0 atom stereocenters. The normalized spacial score (nSPS) is 14.2. The maximum Gasteiger partial charge on any atom is 0.338 e. The highest BCUT2D eigenvalue weighted by Crippen LogP contribution is 2.32. The molecule has 0 saturated carbocycles. The van der Waals surface area contributed by atoms with Crippen LogP contribution in [-0.2, 0) is 4.74 Å². The maximum atomic E-state index is 12.4. The van der Waals surface area contributed by atoms with E-state index in [0.717, 1.165) is 50.6 Å². The zero-order valence-corrected chi connectivity index (χ0v) is 15.9. The highest BCUT2D eigenvalue weighted by atomic mass is 16.5. The van der Waals surface area contributed by atoms with Crippen molar-refractivity contribution in [2.45, 2.75) is 40.0 Å². The number of likely N-dealkylation sites (N-methyl/N-ethyl adjacent to an activating group) is 1. The molecule has 0 spiro atoms. The van der Waals surface area contributed by atoms with Gasteiger partial charge in [-0.15, -0.1) is 0 Å². The van der Waals surface area contributed by atoms with Gasteiger partial charge in [-0.05, 0) is 50.6 Å². The van der Waals surface area contributed by atoms with Crippen molar-refractivity contribution in [3.8, 4) is 5.75 Å². The minimum absolute atomic E-state index is 0.255. The second-order valence-corrected chi connectivity index (χ2v) is 6.39. The molecule has 1 heterocycles. The summed E-state index contributed by atoms with van der Waals surface area (Å²) in [5.41, 5.74) is 1.62. The molecule has 0 aromatic heterocycles. The second kappa shape index (κ2) is 10.3. The molecule has 1 aliphatic rings. The fraction of sp³-hybridized carbons (Fsp3) is 0.650. The zero-order valence-electron chi connectivity index (χ0n) is 15.9. The number of anilines is 1. The summed E-state index contributed by atoms with van der Waals surface area (Å²) in [7, 11) is 0. The number of nitrogens with zero attached hydrogens (tertiary/aromatic N) is 2. The average molecular weight is 348 g/mol. The topological polar surface area (TPSA) is 42.0 Å². The molecule has 1 aromatic rings. The van der Waals surface area contributed by atoms with Gasteiger partial charge in [0.25, 0.3) is 0 Å². The van der Waals surface area contributed by atoms with Crippen LogP contribution in [0.3, 0.4) is 0 Å². The van der Waals surface area contributed by atoms with Crippen LogP contribution in [0.25, 0.3) is 0 Å². The van der Waals surface area contributed by atoms with E-state index >= 15 is 0 Å². The Kier molecular flexibility index (Phi) is 8.06. The van der Waals surface area contributed by atoms with Crippen molar-refractivity contribution >= 4 is 11.7 Å². The molecule has 0 aliphatic carbocycles. The molecule has 1 fully saturated rings. The van der Waals surface area contributed by atoms with E-state index in [1.807, 2.05) is 18.2 Å². The van der Waals surface area contributed by atoms with Crippen LogP contribution in [0.5, 0.6) is 5.75 Å². The lowest BCUT2D eigenvalue weighted by Crippen LogP contribution is -2.28. The SMILES string of the molecule is CCCOc1ccc(C(=O)OCCN(CC)CC)cc1N1CCCC1. The molecule has 5 nitrogen and oxygen atoms in total.